The molecule has 46 heavy (non-hydrogen) atoms. The number of unbranched alkanes of at least 4 members (excludes halogenated alkanes) is 27. The van der Waals surface area contributed by atoms with E-state index < -0.39 is 11.9 Å². The van der Waals surface area contributed by atoms with E-state index in [4.69, 9.17) is 14.9 Å². The summed E-state index contributed by atoms with van der Waals surface area (Å²) in [4.78, 5) is 32.3. The zero-order valence-electron chi connectivity index (χ0n) is 31.2. The molecule has 0 aliphatic heterocycles. The minimum atomic E-state index is -0.673. The van der Waals surface area contributed by atoms with Crippen LogP contribution >= 0.6 is 0 Å². The van der Waals surface area contributed by atoms with E-state index in [1.165, 1.54) is 148 Å². The van der Waals surface area contributed by atoms with E-state index >= 15 is 0 Å². The first-order valence-corrected chi connectivity index (χ1v) is 19.7. The molecule has 0 aromatic heterocycles. The Kier molecular flexibility index (Phi) is 36.7. The van der Waals surface area contributed by atoms with Crippen molar-refractivity contribution >= 4 is 17.9 Å². The summed E-state index contributed by atoms with van der Waals surface area (Å²) < 4.78 is 5.30. The van der Waals surface area contributed by atoms with Crippen LogP contribution in [0.3, 0.4) is 0 Å². The van der Waals surface area contributed by atoms with Crippen molar-refractivity contribution in [3.63, 3.8) is 0 Å². The van der Waals surface area contributed by atoms with E-state index in [0.29, 0.717) is 19.3 Å². The molecular formula is C40H78O6. The molecule has 6 heteroatoms. The smallest absolute Gasteiger partial charge is 0.306 e. The molecule has 0 aromatic rings. The molecule has 2 N–H and O–H groups in total. The van der Waals surface area contributed by atoms with Crippen LogP contribution in [0.5, 0.6) is 0 Å². The molecule has 0 amide bonds. The minimum absolute atomic E-state index is 0.0700. The van der Waals surface area contributed by atoms with Crippen LogP contribution in [-0.2, 0) is 19.1 Å². The Labute approximate surface area is 285 Å². The molecule has 0 radical (unpaired) electrons. The number of ether oxygens (including phenoxy) is 1. The van der Waals surface area contributed by atoms with E-state index in [0.717, 1.165) is 38.5 Å². The van der Waals surface area contributed by atoms with Crippen molar-refractivity contribution in [3.05, 3.63) is 0 Å². The highest BCUT2D eigenvalue weighted by molar-refractivity contribution is 5.69. The maximum atomic E-state index is 11.6. The van der Waals surface area contributed by atoms with Crippen LogP contribution in [0, 0.1) is 0 Å². The van der Waals surface area contributed by atoms with Crippen molar-refractivity contribution in [1.82, 2.24) is 0 Å². The average molecular weight is 655 g/mol. The third-order valence-corrected chi connectivity index (χ3v) is 8.44. The third-order valence-electron chi connectivity index (χ3n) is 8.44. The number of carbonyl (C=O) groups is 3. The molecule has 0 unspecified atom stereocenters. The minimum Gasteiger partial charge on any atom is -0.481 e. The van der Waals surface area contributed by atoms with E-state index in [-0.39, 0.29) is 11.6 Å². The molecule has 0 aromatic carbocycles. The summed E-state index contributed by atoms with van der Waals surface area (Å²) in [5.41, 5.74) is -0.364. The average Bonchev–Trinajstić information content (AvgIpc) is 2.98. The predicted octanol–water partition coefficient (Wildman–Crippen LogP) is 13.0. The maximum absolute atomic E-state index is 11.6. The number of carboxylic acid groups (broad SMARTS) is 2. The predicted molar refractivity (Wildman–Crippen MR) is 195 cm³/mol. The van der Waals surface area contributed by atoms with E-state index in [1.54, 1.807) is 0 Å². The Morgan fingerprint density at radius 1 is 0.391 bits per heavy atom. The molecular weight excluding hydrogens is 576 g/mol. The van der Waals surface area contributed by atoms with Crippen molar-refractivity contribution in [2.24, 2.45) is 0 Å². The van der Waals surface area contributed by atoms with Crippen LogP contribution in [0.4, 0.5) is 0 Å². The van der Waals surface area contributed by atoms with Crippen molar-refractivity contribution in [2.75, 3.05) is 0 Å². The topological polar surface area (TPSA) is 101 Å². The molecule has 6 nitrogen and oxygen atoms in total. The Morgan fingerprint density at radius 2 is 0.609 bits per heavy atom. The first kappa shape index (κ1) is 46.5. The largest absolute Gasteiger partial charge is 0.481 e. The molecule has 0 heterocycles. The molecule has 0 fully saturated rings. The van der Waals surface area contributed by atoms with Gasteiger partial charge in [0.05, 0.1) is 0 Å². The van der Waals surface area contributed by atoms with Crippen LogP contribution in [0.2, 0.25) is 0 Å². The highest BCUT2D eigenvalue weighted by Gasteiger charge is 2.15. The van der Waals surface area contributed by atoms with Crippen LogP contribution in [0.15, 0.2) is 0 Å². The van der Waals surface area contributed by atoms with Crippen LogP contribution < -0.4 is 0 Å². The normalized spacial score (nSPS) is 11.2. The lowest BCUT2D eigenvalue weighted by Gasteiger charge is -2.19. The highest BCUT2D eigenvalue weighted by Crippen LogP contribution is 2.16. The lowest BCUT2D eigenvalue weighted by atomic mass is 10.0. The zero-order valence-corrected chi connectivity index (χ0v) is 31.2. The second kappa shape index (κ2) is 36.2. The molecule has 0 saturated carbocycles. The Hall–Kier alpha value is -1.59. The summed E-state index contributed by atoms with van der Waals surface area (Å²) >= 11 is 0. The van der Waals surface area contributed by atoms with Crippen molar-refractivity contribution in [2.45, 2.75) is 239 Å². The van der Waals surface area contributed by atoms with Gasteiger partial charge in [0.1, 0.15) is 5.60 Å². The van der Waals surface area contributed by atoms with Gasteiger partial charge in [-0.2, -0.15) is 0 Å². The molecule has 0 aliphatic carbocycles. The third kappa shape index (κ3) is 46.8. The van der Waals surface area contributed by atoms with Gasteiger partial charge in [0.2, 0.25) is 0 Å². The fraction of sp³-hybridized carbons (Fsp3) is 0.925. The standard InChI is InChI=1S/C22H42O4.C18H36O2/c1-22(2,3)26-21(25)19-17-15-13-11-9-7-5-4-6-8-10-12-14-16-18-20(23)24;1-2-3-4-5-6-7-8-9-10-11-12-13-14-15-16-17-18(19)20/h4-19H2,1-3H3,(H,23,24);2-17H2,1H3,(H,19,20). The Balaban J connectivity index is 0. The number of hydrogen-bond acceptors (Lipinski definition) is 4. The fourth-order valence-electron chi connectivity index (χ4n) is 5.71. The monoisotopic (exact) mass is 655 g/mol. The number of carbonyl (C=O) groups excluding carboxylic acids is 1. The van der Waals surface area contributed by atoms with Gasteiger partial charge in [-0.15, -0.1) is 0 Å². The second-order valence-corrected chi connectivity index (χ2v) is 14.5. The molecule has 0 saturated heterocycles. The van der Waals surface area contributed by atoms with Crippen molar-refractivity contribution < 1.29 is 29.3 Å². The number of hydrogen-bond donors (Lipinski definition) is 2. The van der Waals surface area contributed by atoms with Gasteiger partial charge in [0.15, 0.2) is 0 Å². The van der Waals surface area contributed by atoms with Gasteiger partial charge >= 0.3 is 17.9 Å². The zero-order chi connectivity index (χ0) is 34.6. The summed E-state index contributed by atoms with van der Waals surface area (Å²) in [6.07, 6.45) is 37.8. The molecule has 0 bridgehead atoms. The fourth-order valence-corrected chi connectivity index (χ4v) is 5.71. The van der Waals surface area contributed by atoms with Crippen LogP contribution in [0.25, 0.3) is 0 Å². The molecule has 0 rings (SSSR count). The number of esters is 1. The van der Waals surface area contributed by atoms with E-state index in [9.17, 15) is 14.4 Å². The van der Waals surface area contributed by atoms with Gasteiger partial charge in [-0.3, -0.25) is 14.4 Å². The first-order chi connectivity index (χ1) is 22.1. The Morgan fingerprint density at radius 3 is 0.826 bits per heavy atom. The molecule has 0 atom stereocenters. The highest BCUT2D eigenvalue weighted by atomic mass is 16.6. The SMILES string of the molecule is CC(C)(C)OC(=O)CCCCCCCCCCCCCCCCC(=O)O.CCCCCCCCCCCCCCCCCC(=O)O. The Bertz CT molecular complexity index is 669. The quantitative estimate of drug-likeness (QED) is 0.0539. The second-order valence-electron chi connectivity index (χ2n) is 14.5. The van der Waals surface area contributed by atoms with Gasteiger partial charge < -0.3 is 14.9 Å². The van der Waals surface area contributed by atoms with Crippen LogP contribution in [-0.4, -0.2) is 33.7 Å². The summed E-state index contributed by atoms with van der Waals surface area (Å²) in [6, 6.07) is 0. The van der Waals surface area contributed by atoms with Gasteiger partial charge in [0.25, 0.3) is 0 Å². The van der Waals surface area contributed by atoms with Gasteiger partial charge in [-0.25, -0.2) is 0 Å². The first-order valence-electron chi connectivity index (χ1n) is 19.7. The number of rotatable bonds is 33. The van der Waals surface area contributed by atoms with E-state index in [2.05, 4.69) is 6.92 Å². The van der Waals surface area contributed by atoms with Gasteiger partial charge in [0, 0.05) is 19.3 Å². The summed E-state index contributed by atoms with van der Waals surface area (Å²) in [5, 5.41) is 17.1. The van der Waals surface area contributed by atoms with Crippen LogP contribution in [0.1, 0.15) is 233 Å². The summed E-state index contributed by atoms with van der Waals surface area (Å²) in [6.45, 7) is 8.00. The van der Waals surface area contributed by atoms with Gasteiger partial charge in [-0.1, -0.05) is 174 Å². The van der Waals surface area contributed by atoms with Crippen molar-refractivity contribution in [1.29, 1.82) is 0 Å². The molecule has 0 aliphatic rings. The molecule has 0 spiro atoms. The lowest BCUT2D eigenvalue weighted by molar-refractivity contribution is -0.155. The van der Waals surface area contributed by atoms with Gasteiger partial charge in [-0.05, 0) is 40.0 Å². The van der Waals surface area contributed by atoms with Crippen molar-refractivity contribution in [3.8, 4) is 0 Å². The lowest BCUT2D eigenvalue weighted by Crippen LogP contribution is -2.23. The molecule has 274 valence electrons. The van der Waals surface area contributed by atoms with E-state index in [1.807, 2.05) is 20.8 Å². The number of aliphatic carboxylic acids is 2. The number of carboxylic acids is 2. The summed E-state index contributed by atoms with van der Waals surface area (Å²) in [7, 11) is 0. The maximum Gasteiger partial charge on any atom is 0.306 e. The summed E-state index contributed by atoms with van der Waals surface area (Å²) in [5.74, 6) is -1.40.